The molecule has 0 radical (unpaired) electrons. The first kappa shape index (κ1) is 86.9. The van der Waals surface area contributed by atoms with E-state index in [0.29, 0.717) is 70.3 Å². The SMILES string of the molecule is CC(=O)OB(OC(C)=O)OC(C)=O.CC(C)(C)OC(=O)CCCCNCC(=O)OC(C)(C)C.Cc1cc(C=O)c2c(c1)COC(C)(C)O2.Cc1cc2c(c(CN(CCN(CC(=O)OC(C)(C)C)Cc3cc(C)cc4c3OC(C)(C)OC4)CC(=O)OC(C)(C)C)c1)OC(C)(C)OC2.[H-].[Na+]. The van der Waals surface area contributed by atoms with Gasteiger partial charge in [-0.3, -0.25) is 48.2 Å². The second-order valence-electron chi connectivity index (χ2n) is 29.2. The second kappa shape index (κ2) is 37.9. The molecular formula is C71H109BN3NaO21. The Kier molecular flexibility index (Phi) is 33.9. The molecule has 0 spiro atoms. The minimum absolute atomic E-state index is 0. The minimum Gasteiger partial charge on any atom is -1.00 e. The molecule has 3 aromatic rings. The zero-order chi connectivity index (χ0) is 73.0. The van der Waals surface area contributed by atoms with Crippen molar-refractivity contribution in [1.29, 1.82) is 0 Å². The van der Waals surface area contributed by atoms with Crippen LogP contribution in [0.4, 0.5) is 0 Å². The standard InChI is InChI=1S/C38H56N2O8.C15H29NO4.C12H14O3.C6H9BO6.Na.H/c1-25-15-27(33-29(17-25)23-43-37(9,10)47-33)19-39(21-31(41)45-35(3,4)5)13-14-40(22-32(42)46-36(6,7)8)20-28-16-26(2)18-30-24-44-38(11,12)48-34(28)30;1-14(2,3)19-12(17)9-7-8-10-16-11-13(18)20-15(4,5)6;1-8-4-9(6-13)11-10(5-8)7-14-12(2,3)15-11;1-4(8)11-7(12-5(2)9)13-6(3)10;;/h15-18H,13-14,19-24H2,1-12H3;16H,7-11H2,1-6H3;4-6H,7H2,1-3H3;1-3H3;;/q;;;;+1;-1. The van der Waals surface area contributed by atoms with Crippen LogP contribution in [-0.4, -0.2) is 144 Å². The quantitative estimate of drug-likeness (QED) is 0.0326. The van der Waals surface area contributed by atoms with Gasteiger partial charge >= 0.3 is 60.8 Å². The smallest absolute Gasteiger partial charge is 1.00 e. The van der Waals surface area contributed by atoms with E-state index in [9.17, 15) is 38.4 Å². The number of aryl methyl sites for hydroxylation is 3. The van der Waals surface area contributed by atoms with Crippen molar-refractivity contribution in [3.8, 4) is 17.2 Å². The number of unbranched alkanes of at least 4 members (excludes halogenated alkanes) is 1. The molecule has 3 heterocycles. The van der Waals surface area contributed by atoms with Crippen molar-refractivity contribution in [3.63, 3.8) is 0 Å². The van der Waals surface area contributed by atoms with Gasteiger partial charge in [0.05, 0.1) is 45.0 Å². The summed E-state index contributed by atoms with van der Waals surface area (Å²) in [5.41, 5.74) is 6.50. The topological polar surface area (TPSA) is 275 Å². The number of carbonyl (C=O) groups excluding carboxylic acids is 8. The first-order valence-electron chi connectivity index (χ1n) is 32.4. The third kappa shape index (κ3) is 36.0. The average molecular weight is 1370 g/mol. The number of benzene rings is 3. The Hall–Kier alpha value is -6.16. The van der Waals surface area contributed by atoms with Crippen LogP contribution in [0, 0.1) is 20.8 Å². The third-order valence-corrected chi connectivity index (χ3v) is 13.0. The molecule has 0 fully saturated rings. The number of carbonyl (C=O) groups is 8. The maximum Gasteiger partial charge on any atom is 1.00 e. The molecule has 26 heteroatoms. The van der Waals surface area contributed by atoms with Gasteiger partial charge < -0.3 is 68.1 Å². The Bertz CT molecular complexity index is 2980. The summed E-state index contributed by atoms with van der Waals surface area (Å²) >= 11 is 0. The van der Waals surface area contributed by atoms with Crippen LogP contribution in [0.2, 0.25) is 0 Å². The van der Waals surface area contributed by atoms with Crippen LogP contribution in [0.25, 0.3) is 0 Å². The number of hydrogen-bond donors (Lipinski definition) is 1. The van der Waals surface area contributed by atoms with E-state index < -0.39 is 65.0 Å². The number of aldehydes is 1. The molecule has 0 unspecified atom stereocenters. The van der Waals surface area contributed by atoms with Gasteiger partial charge in [-0.05, 0) is 135 Å². The van der Waals surface area contributed by atoms with Crippen molar-refractivity contribution < 1.29 is 131 Å². The Labute approximate surface area is 599 Å². The summed E-state index contributed by atoms with van der Waals surface area (Å²) in [6.07, 6.45) is 2.80. The molecule has 24 nitrogen and oxygen atoms in total. The number of nitrogens with zero attached hydrogens (tertiary/aromatic N) is 2. The van der Waals surface area contributed by atoms with Gasteiger partial charge in [0.25, 0.3) is 17.9 Å². The number of ether oxygens (including phenoxy) is 10. The van der Waals surface area contributed by atoms with Crippen LogP contribution in [0.3, 0.4) is 0 Å². The monoisotopic (exact) mass is 1370 g/mol. The molecule has 3 aliphatic heterocycles. The molecule has 538 valence electrons. The third-order valence-electron chi connectivity index (χ3n) is 13.0. The van der Waals surface area contributed by atoms with Gasteiger partial charge in [0, 0.05) is 123 Å². The molecule has 0 saturated carbocycles. The molecule has 1 N–H and O–H groups in total. The van der Waals surface area contributed by atoms with Crippen molar-refractivity contribution in [2.24, 2.45) is 0 Å². The van der Waals surface area contributed by atoms with E-state index in [1.807, 2.05) is 158 Å². The fourth-order valence-corrected chi connectivity index (χ4v) is 9.61. The van der Waals surface area contributed by atoms with Gasteiger partial charge in [0.15, 0.2) is 6.29 Å². The maximum absolute atomic E-state index is 13.2. The second-order valence-corrected chi connectivity index (χ2v) is 29.2. The van der Waals surface area contributed by atoms with Gasteiger partial charge in [0.1, 0.15) is 39.7 Å². The number of nitrogens with one attached hydrogen (secondary N) is 1. The zero-order valence-corrected chi connectivity index (χ0v) is 64.5. The van der Waals surface area contributed by atoms with Gasteiger partial charge in [0.2, 0.25) is 17.4 Å². The first-order chi connectivity index (χ1) is 44.0. The van der Waals surface area contributed by atoms with Crippen LogP contribution in [-0.2, 0) is 114 Å². The van der Waals surface area contributed by atoms with E-state index in [-0.39, 0.29) is 74.5 Å². The van der Waals surface area contributed by atoms with Crippen molar-refractivity contribution in [2.45, 2.75) is 258 Å². The summed E-state index contributed by atoms with van der Waals surface area (Å²) in [7, 11) is -1.59. The summed E-state index contributed by atoms with van der Waals surface area (Å²) in [5, 5.41) is 3.00. The van der Waals surface area contributed by atoms with E-state index in [1.54, 1.807) is 0 Å². The Balaban J connectivity index is 0.000000783. The average Bonchev–Trinajstić information content (AvgIpc) is 0.805. The molecule has 0 aromatic heterocycles. The number of rotatable bonds is 22. The molecule has 0 saturated heterocycles. The number of hydrogen-bond acceptors (Lipinski definition) is 24. The summed E-state index contributed by atoms with van der Waals surface area (Å²) in [5.74, 6) is -3.20. The Morgan fingerprint density at radius 1 is 0.505 bits per heavy atom. The number of esters is 4. The summed E-state index contributed by atoms with van der Waals surface area (Å²) < 4.78 is 70.5. The number of fused-ring (bicyclic) bond motifs is 3. The van der Waals surface area contributed by atoms with E-state index in [2.05, 4.69) is 53.3 Å². The van der Waals surface area contributed by atoms with E-state index in [0.717, 1.165) is 95.9 Å². The first-order valence-corrected chi connectivity index (χ1v) is 32.4. The summed E-state index contributed by atoms with van der Waals surface area (Å²) in [6.45, 7) is 47.0. The van der Waals surface area contributed by atoms with Gasteiger partial charge in [-0.1, -0.05) is 41.5 Å². The fraction of sp³-hybridized carbons (Fsp3) is 0.634. The molecule has 0 bridgehead atoms. The van der Waals surface area contributed by atoms with Crippen LogP contribution in [0.5, 0.6) is 17.2 Å². The van der Waals surface area contributed by atoms with Crippen LogP contribution < -0.4 is 49.1 Å². The van der Waals surface area contributed by atoms with Crippen molar-refractivity contribution in [2.75, 3.05) is 39.3 Å². The van der Waals surface area contributed by atoms with E-state index >= 15 is 0 Å². The van der Waals surface area contributed by atoms with Crippen LogP contribution in [0.15, 0.2) is 36.4 Å². The predicted octanol–water partition coefficient (Wildman–Crippen LogP) is 8.24. The zero-order valence-electron chi connectivity index (χ0n) is 63.5. The molecule has 0 amide bonds. The van der Waals surface area contributed by atoms with E-state index in [4.69, 9.17) is 47.4 Å². The van der Waals surface area contributed by atoms with Crippen molar-refractivity contribution >= 4 is 55.4 Å². The molecule has 0 aliphatic carbocycles. The molecule has 97 heavy (non-hydrogen) atoms. The van der Waals surface area contributed by atoms with E-state index in [1.165, 1.54) is 0 Å². The largest absolute Gasteiger partial charge is 1.00 e. The molecule has 3 aromatic carbocycles. The maximum atomic E-state index is 13.2. The minimum atomic E-state index is -1.59. The Morgan fingerprint density at radius 3 is 1.19 bits per heavy atom. The van der Waals surface area contributed by atoms with Gasteiger partial charge in [-0.25, -0.2) is 0 Å². The van der Waals surface area contributed by atoms with Crippen LogP contribution in [0.1, 0.15) is 221 Å². The summed E-state index contributed by atoms with van der Waals surface area (Å²) in [6, 6.07) is 12.2. The molecule has 0 atom stereocenters. The Morgan fingerprint density at radius 2 is 0.835 bits per heavy atom. The molecular weight excluding hydrogens is 1260 g/mol. The van der Waals surface area contributed by atoms with Crippen molar-refractivity contribution in [1.82, 2.24) is 15.1 Å². The molecule has 3 aliphatic rings. The van der Waals surface area contributed by atoms with Gasteiger partial charge in [-0.15, -0.1) is 0 Å². The van der Waals surface area contributed by atoms with Crippen molar-refractivity contribution in [3.05, 3.63) is 86.5 Å². The summed E-state index contributed by atoms with van der Waals surface area (Å²) in [4.78, 5) is 95.5. The predicted molar refractivity (Wildman–Crippen MR) is 360 cm³/mol. The molecule has 6 rings (SSSR count). The fourth-order valence-electron chi connectivity index (χ4n) is 9.61. The van der Waals surface area contributed by atoms with Crippen LogP contribution >= 0.6 is 0 Å². The van der Waals surface area contributed by atoms with Gasteiger partial charge in [-0.2, -0.15) is 0 Å². The normalized spacial score (nSPS) is 14.7.